The minimum atomic E-state index is -2.25. The third kappa shape index (κ3) is 10.5. The van der Waals surface area contributed by atoms with Gasteiger partial charge in [0.05, 0.1) is 0 Å². The fraction of sp³-hybridized carbons (Fsp3) is 1.00. The van der Waals surface area contributed by atoms with Gasteiger partial charge in [-0.1, -0.05) is 0 Å². The highest BCUT2D eigenvalue weighted by Gasteiger charge is 2.41. The summed E-state index contributed by atoms with van der Waals surface area (Å²) in [6, 6.07) is 0. The molecule has 0 aromatic carbocycles. The summed E-state index contributed by atoms with van der Waals surface area (Å²) in [4.78, 5) is 0. The molecule has 0 saturated carbocycles. The molecule has 9 heteroatoms. The lowest BCUT2D eigenvalue weighted by molar-refractivity contribution is 0.217. The average molecular weight is 361 g/mol. The highest BCUT2D eigenvalue weighted by atomic mass is 32.1. The summed E-state index contributed by atoms with van der Waals surface area (Å²) in [6.07, 6.45) is 0. The third-order valence-corrected chi connectivity index (χ3v) is 12.1. The monoisotopic (exact) mass is 360 g/mol. The molecule has 0 heterocycles. The van der Waals surface area contributed by atoms with E-state index in [9.17, 15) is 0 Å². The van der Waals surface area contributed by atoms with Crippen molar-refractivity contribution < 1.29 is 17.1 Å². The van der Waals surface area contributed by atoms with Gasteiger partial charge in [0.1, 0.15) is 0 Å². The molecule has 0 spiro atoms. The van der Waals surface area contributed by atoms with Crippen molar-refractivity contribution in [3.63, 3.8) is 0 Å². The Bertz CT molecular complexity index is 241. The molecule has 0 bridgehead atoms. The van der Waals surface area contributed by atoms with Crippen molar-refractivity contribution in [2.24, 2.45) is 0 Å². The molecule has 0 unspecified atom stereocenters. The van der Waals surface area contributed by atoms with Gasteiger partial charge in [-0.3, -0.25) is 0 Å². The van der Waals surface area contributed by atoms with Crippen LogP contribution < -0.4 is 0 Å². The molecule has 0 aromatic heterocycles. The van der Waals surface area contributed by atoms with Crippen molar-refractivity contribution >= 4 is 50.9 Å². The highest BCUT2D eigenvalue weighted by molar-refractivity contribution is 7.80. The molecule has 0 fully saturated rings. The number of rotatable bonds is 10. The van der Waals surface area contributed by atoms with E-state index in [0.29, 0.717) is 24.7 Å². The molecule has 0 atom stereocenters. The molecule has 19 heavy (non-hydrogen) atoms. The van der Waals surface area contributed by atoms with Crippen LogP contribution in [0.25, 0.3) is 0 Å². The Morgan fingerprint density at radius 1 is 0.632 bits per heavy atom. The van der Waals surface area contributed by atoms with E-state index in [4.69, 9.17) is 17.1 Å². The molecular formula is C10H28O4S2Si3. The van der Waals surface area contributed by atoms with E-state index in [0.717, 1.165) is 0 Å². The quantitative estimate of drug-likeness (QED) is 0.464. The van der Waals surface area contributed by atoms with E-state index in [1.165, 1.54) is 0 Å². The fourth-order valence-corrected chi connectivity index (χ4v) is 14.0. The molecular weight excluding hydrogens is 332 g/mol. The van der Waals surface area contributed by atoms with Gasteiger partial charge in [-0.05, 0) is 39.3 Å². The van der Waals surface area contributed by atoms with Gasteiger partial charge >= 0.3 is 25.7 Å². The average Bonchev–Trinajstić information content (AvgIpc) is 2.20. The standard InChI is InChI=1S/C10H28O4S2Si3/c1-17(2,11-7-9-15)13-19(5,6)14-18(3,4)12-8-10-16/h15-16H,7-10H2,1-6H3. The summed E-state index contributed by atoms with van der Waals surface area (Å²) in [5.74, 6) is 1.40. The summed E-state index contributed by atoms with van der Waals surface area (Å²) < 4.78 is 23.9. The maximum atomic E-state index is 6.18. The van der Waals surface area contributed by atoms with Gasteiger partial charge in [0, 0.05) is 24.7 Å². The Morgan fingerprint density at radius 2 is 0.947 bits per heavy atom. The Hall–Kier alpha value is 1.19. The predicted octanol–water partition coefficient (Wildman–Crippen LogP) is 3.02. The molecule has 4 nitrogen and oxygen atoms in total. The first kappa shape index (κ1) is 20.2. The second-order valence-electron chi connectivity index (χ2n) is 5.55. The van der Waals surface area contributed by atoms with Crippen LogP contribution in [0.1, 0.15) is 0 Å². The van der Waals surface area contributed by atoms with Crippen molar-refractivity contribution in [2.45, 2.75) is 39.3 Å². The lowest BCUT2D eigenvalue weighted by Gasteiger charge is -2.37. The normalized spacial score (nSPS) is 13.9. The van der Waals surface area contributed by atoms with Crippen LogP contribution in [0.2, 0.25) is 39.3 Å². The predicted molar refractivity (Wildman–Crippen MR) is 94.2 cm³/mol. The molecule has 0 radical (unpaired) electrons. The van der Waals surface area contributed by atoms with Crippen molar-refractivity contribution in [1.29, 1.82) is 0 Å². The highest BCUT2D eigenvalue weighted by Crippen LogP contribution is 2.21. The lowest BCUT2D eigenvalue weighted by atomic mass is 10.9. The summed E-state index contributed by atoms with van der Waals surface area (Å²) in [6.45, 7) is 13.5. The molecule has 0 aliphatic rings. The van der Waals surface area contributed by atoms with Crippen LogP contribution in [0.5, 0.6) is 0 Å². The molecule has 0 aliphatic carbocycles. The van der Waals surface area contributed by atoms with E-state index < -0.39 is 25.7 Å². The van der Waals surface area contributed by atoms with Crippen molar-refractivity contribution in [3.8, 4) is 0 Å². The van der Waals surface area contributed by atoms with Crippen LogP contribution >= 0.6 is 25.3 Å². The largest absolute Gasteiger partial charge is 0.415 e. The Labute approximate surface area is 132 Å². The van der Waals surface area contributed by atoms with Gasteiger partial charge in [0.25, 0.3) is 0 Å². The van der Waals surface area contributed by atoms with E-state index in [2.05, 4.69) is 25.3 Å². The fourth-order valence-electron chi connectivity index (χ4n) is 1.85. The molecule has 0 N–H and O–H groups in total. The van der Waals surface area contributed by atoms with E-state index in [1.807, 2.05) is 39.3 Å². The SMILES string of the molecule is C[Si](C)(OCCS)O[Si](C)(C)O[Si](C)(C)OCCS. The first-order valence-corrected chi connectivity index (χ1v) is 16.1. The Balaban J connectivity index is 4.44. The van der Waals surface area contributed by atoms with E-state index in [1.54, 1.807) is 0 Å². The van der Waals surface area contributed by atoms with Gasteiger partial charge in [-0.25, -0.2) is 0 Å². The van der Waals surface area contributed by atoms with Crippen LogP contribution in [0.15, 0.2) is 0 Å². The zero-order valence-electron chi connectivity index (χ0n) is 12.9. The van der Waals surface area contributed by atoms with Gasteiger partial charge in [0.15, 0.2) is 0 Å². The minimum Gasteiger partial charge on any atom is -0.415 e. The van der Waals surface area contributed by atoms with Crippen LogP contribution in [0.4, 0.5) is 0 Å². The van der Waals surface area contributed by atoms with Gasteiger partial charge in [0.2, 0.25) is 0 Å². The first-order valence-electron chi connectivity index (χ1n) is 6.43. The minimum absolute atomic E-state index is 0.615. The molecule has 0 amide bonds. The molecule has 0 aliphatic heterocycles. The van der Waals surface area contributed by atoms with Crippen LogP contribution in [0.3, 0.4) is 0 Å². The smallest absolute Gasteiger partial charge is 0.322 e. The number of hydrogen-bond acceptors (Lipinski definition) is 6. The number of hydrogen-bond donors (Lipinski definition) is 2. The van der Waals surface area contributed by atoms with Crippen molar-refractivity contribution in [1.82, 2.24) is 0 Å². The molecule has 0 aromatic rings. The maximum absolute atomic E-state index is 6.18. The Morgan fingerprint density at radius 3 is 1.21 bits per heavy atom. The van der Waals surface area contributed by atoms with Gasteiger partial charge < -0.3 is 17.1 Å². The van der Waals surface area contributed by atoms with Crippen LogP contribution in [-0.4, -0.2) is 50.4 Å². The topological polar surface area (TPSA) is 36.9 Å². The summed E-state index contributed by atoms with van der Waals surface area (Å²) >= 11 is 8.31. The second kappa shape index (κ2) is 8.59. The lowest BCUT2D eigenvalue weighted by Crippen LogP contribution is -2.54. The zero-order chi connectivity index (χ0) is 15.2. The van der Waals surface area contributed by atoms with Crippen molar-refractivity contribution in [3.05, 3.63) is 0 Å². The summed E-state index contributed by atoms with van der Waals surface area (Å²) in [5, 5.41) is 0. The maximum Gasteiger partial charge on any atom is 0.322 e. The molecule has 0 saturated heterocycles. The third-order valence-electron chi connectivity index (χ3n) is 2.07. The molecule has 116 valence electrons. The molecule has 0 rings (SSSR count). The zero-order valence-corrected chi connectivity index (χ0v) is 17.6. The summed E-state index contributed by atoms with van der Waals surface area (Å²) in [7, 11) is -6.55. The van der Waals surface area contributed by atoms with Crippen LogP contribution in [0, 0.1) is 0 Å². The van der Waals surface area contributed by atoms with Crippen molar-refractivity contribution in [2.75, 3.05) is 24.7 Å². The van der Waals surface area contributed by atoms with Gasteiger partial charge in [-0.2, -0.15) is 25.3 Å². The second-order valence-corrected chi connectivity index (χ2v) is 17.1. The van der Waals surface area contributed by atoms with Crippen LogP contribution in [-0.2, 0) is 17.1 Å². The Kier molecular flexibility index (Phi) is 9.13. The number of thiol groups is 2. The first-order chi connectivity index (χ1) is 8.54. The van der Waals surface area contributed by atoms with Gasteiger partial charge in [-0.15, -0.1) is 0 Å². The summed E-state index contributed by atoms with van der Waals surface area (Å²) in [5.41, 5.74) is 0. The van der Waals surface area contributed by atoms with E-state index >= 15 is 0 Å². The van der Waals surface area contributed by atoms with E-state index in [-0.39, 0.29) is 0 Å².